The van der Waals surface area contributed by atoms with Gasteiger partial charge in [0.15, 0.2) is 11.0 Å². The minimum atomic E-state index is -4.26. The SMILES string of the molecule is O.O=C1C=CC=CC1S(=O)(=O)O. The van der Waals surface area contributed by atoms with Crippen molar-refractivity contribution < 1.29 is 23.2 Å². The number of carbonyl (C=O) groups excluding carboxylic acids is 1. The molecule has 1 unspecified atom stereocenters. The van der Waals surface area contributed by atoms with Crippen LogP contribution in [0.3, 0.4) is 0 Å². The van der Waals surface area contributed by atoms with Gasteiger partial charge >= 0.3 is 0 Å². The van der Waals surface area contributed by atoms with Gasteiger partial charge in [0.1, 0.15) is 0 Å². The first kappa shape index (κ1) is 11.0. The Balaban J connectivity index is 0.00000121. The van der Waals surface area contributed by atoms with Crippen molar-refractivity contribution in [3.05, 3.63) is 24.3 Å². The number of hydrogen-bond acceptors (Lipinski definition) is 3. The molecule has 1 aliphatic carbocycles. The van der Waals surface area contributed by atoms with Crippen LogP contribution in [0.25, 0.3) is 0 Å². The molecule has 5 nitrogen and oxygen atoms in total. The van der Waals surface area contributed by atoms with Crippen molar-refractivity contribution in [1.29, 1.82) is 0 Å². The Bertz CT molecular complexity index is 324. The number of carbonyl (C=O) groups is 1. The van der Waals surface area contributed by atoms with E-state index in [9.17, 15) is 13.2 Å². The van der Waals surface area contributed by atoms with Crippen LogP contribution in [0.1, 0.15) is 0 Å². The molecule has 12 heavy (non-hydrogen) atoms. The molecule has 0 fully saturated rings. The summed E-state index contributed by atoms with van der Waals surface area (Å²) >= 11 is 0. The fourth-order valence-electron chi connectivity index (χ4n) is 0.751. The van der Waals surface area contributed by atoms with Crippen molar-refractivity contribution in [2.75, 3.05) is 0 Å². The summed E-state index contributed by atoms with van der Waals surface area (Å²) < 4.78 is 29.4. The zero-order valence-electron chi connectivity index (χ0n) is 5.97. The minimum absolute atomic E-state index is 0. The van der Waals surface area contributed by atoms with Crippen molar-refractivity contribution >= 4 is 15.9 Å². The van der Waals surface area contributed by atoms with Gasteiger partial charge in [-0.25, -0.2) is 0 Å². The van der Waals surface area contributed by atoms with Crippen LogP contribution in [0.4, 0.5) is 0 Å². The monoisotopic (exact) mass is 192 g/mol. The van der Waals surface area contributed by atoms with Gasteiger partial charge in [0.2, 0.25) is 0 Å². The number of ketones is 1. The van der Waals surface area contributed by atoms with E-state index in [-0.39, 0.29) is 5.48 Å². The maximum Gasteiger partial charge on any atom is 0.279 e. The molecule has 0 amide bonds. The van der Waals surface area contributed by atoms with E-state index in [1.807, 2.05) is 0 Å². The van der Waals surface area contributed by atoms with Gasteiger partial charge < -0.3 is 5.48 Å². The third-order valence-electron chi connectivity index (χ3n) is 1.26. The highest BCUT2D eigenvalue weighted by Gasteiger charge is 2.27. The summed E-state index contributed by atoms with van der Waals surface area (Å²) in [5, 5.41) is -1.41. The van der Waals surface area contributed by atoms with Crippen molar-refractivity contribution in [1.82, 2.24) is 0 Å². The van der Waals surface area contributed by atoms with Crippen LogP contribution in [0.15, 0.2) is 24.3 Å². The summed E-state index contributed by atoms with van der Waals surface area (Å²) in [5.41, 5.74) is 0. The Hall–Kier alpha value is -0.980. The van der Waals surface area contributed by atoms with Crippen LogP contribution in [-0.2, 0) is 14.9 Å². The standard InChI is InChI=1S/C6H6O4S.H2O/c7-5-3-1-2-4-6(5)11(8,9)10;/h1-4,6H,(H,8,9,10);1H2. The lowest BCUT2D eigenvalue weighted by atomic mass is 10.2. The second-order valence-electron chi connectivity index (χ2n) is 2.08. The minimum Gasteiger partial charge on any atom is -0.412 e. The Morgan fingerprint density at radius 1 is 1.33 bits per heavy atom. The fraction of sp³-hybridized carbons (Fsp3) is 0.167. The molecule has 0 saturated heterocycles. The lowest BCUT2D eigenvalue weighted by Crippen LogP contribution is -2.27. The summed E-state index contributed by atoms with van der Waals surface area (Å²) in [5.74, 6) is -0.616. The van der Waals surface area contributed by atoms with Crippen LogP contribution in [0, 0.1) is 0 Å². The molecule has 1 rings (SSSR count). The summed E-state index contributed by atoms with van der Waals surface area (Å²) in [4.78, 5) is 10.8. The third kappa shape index (κ3) is 2.26. The molecule has 1 aliphatic rings. The molecule has 0 heterocycles. The molecule has 0 aromatic rings. The average Bonchev–Trinajstić information content (AvgIpc) is 1.86. The highest BCUT2D eigenvalue weighted by Crippen LogP contribution is 2.07. The van der Waals surface area contributed by atoms with E-state index in [1.165, 1.54) is 12.2 Å². The number of rotatable bonds is 1. The molecule has 68 valence electrons. The summed E-state index contributed by atoms with van der Waals surface area (Å²) in [6.07, 6.45) is 5.07. The second kappa shape index (κ2) is 3.61. The van der Waals surface area contributed by atoms with E-state index in [4.69, 9.17) is 4.55 Å². The van der Waals surface area contributed by atoms with Gasteiger partial charge in [-0.15, -0.1) is 0 Å². The van der Waals surface area contributed by atoms with Crippen LogP contribution in [-0.4, -0.2) is 29.5 Å². The molecule has 3 N–H and O–H groups in total. The lowest BCUT2D eigenvalue weighted by Gasteiger charge is -2.06. The van der Waals surface area contributed by atoms with Crippen LogP contribution < -0.4 is 0 Å². The predicted octanol–water partition coefficient (Wildman–Crippen LogP) is -0.887. The highest BCUT2D eigenvalue weighted by molar-refractivity contribution is 7.87. The van der Waals surface area contributed by atoms with Crippen LogP contribution in [0.2, 0.25) is 0 Å². The van der Waals surface area contributed by atoms with Gasteiger partial charge in [0, 0.05) is 0 Å². The normalized spacial score (nSPS) is 22.1. The Labute approximate surface area is 69.4 Å². The lowest BCUT2D eigenvalue weighted by molar-refractivity contribution is -0.113. The molecule has 6 heteroatoms. The molecular formula is C6H8O5S. The first-order valence-electron chi connectivity index (χ1n) is 2.87. The van der Waals surface area contributed by atoms with Crippen molar-refractivity contribution in [2.24, 2.45) is 0 Å². The molecule has 0 saturated carbocycles. The summed E-state index contributed by atoms with van der Waals surface area (Å²) in [7, 11) is -4.26. The Kier molecular flexibility index (Phi) is 3.32. The van der Waals surface area contributed by atoms with E-state index in [2.05, 4.69) is 0 Å². The number of allylic oxidation sites excluding steroid dienone is 3. The van der Waals surface area contributed by atoms with Gasteiger partial charge in [0.25, 0.3) is 10.1 Å². The predicted molar refractivity (Wildman–Crippen MR) is 42.2 cm³/mol. The third-order valence-corrected chi connectivity index (χ3v) is 2.29. The van der Waals surface area contributed by atoms with Gasteiger partial charge in [0.05, 0.1) is 0 Å². The van der Waals surface area contributed by atoms with Crippen molar-refractivity contribution in [3.63, 3.8) is 0 Å². The first-order valence-corrected chi connectivity index (χ1v) is 4.37. The van der Waals surface area contributed by atoms with Gasteiger partial charge in [-0.2, -0.15) is 8.42 Å². The summed E-state index contributed by atoms with van der Waals surface area (Å²) in [6, 6.07) is 0. The zero-order chi connectivity index (χ0) is 8.48. The van der Waals surface area contributed by atoms with E-state index in [0.717, 1.165) is 12.2 Å². The van der Waals surface area contributed by atoms with E-state index >= 15 is 0 Å². The van der Waals surface area contributed by atoms with E-state index in [0.29, 0.717) is 0 Å². The summed E-state index contributed by atoms with van der Waals surface area (Å²) in [6.45, 7) is 0. The van der Waals surface area contributed by atoms with Crippen LogP contribution >= 0.6 is 0 Å². The molecule has 1 atom stereocenters. The Morgan fingerprint density at radius 2 is 1.92 bits per heavy atom. The molecule has 0 radical (unpaired) electrons. The maximum atomic E-state index is 10.8. The number of hydrogen-bond donors (Lipinski definition) is 1. The zero-order valence-corrected chi connectivity index (χ0v) is 6.78. The average molecular weight is 192 g/mol. The van der Waals surface area contributed by atoms with Gasteiger partial charge in [-0.3, -0.25) is 9.35 Å². The molecule has 0 aromatic carbocycles. The quantitative estimate of drug-likeness (QED) is 0.544. The molecule has 0 spiro atoms. The smallest absolute Gasteiger partial charge is 0.279 e. The Morgan fingerprint density at radius 3 is 2.25 bits per heavy atom. The van der Waals surface area contributed by atoms with Gasteiger partial charge in [-0.05, 0) is 6.08 Å². The molecule has 0 bridgehead atoms. The van der Waals surface area contributed by atoms with Crippen LogP contribution in [0.5, 0.6) is 0 Å². The maximum absolute atomic E-state index is 10.8. The molecular weight excluding hydrogens is 184 g/mol. The topological polar surface area (TPSA) is 103 Å². The van der Waals surface area contributed by atoms with Crippen molar-refractivity contribution in [2.45, 2.75) is 5.25 Å². The van der Waals surface area contributed by atoms with E-state index in [1.54, 1.807) is 0 Å². The van der Waals surface area contributed by atoms with Crippen molar-refractivity contribution in [3.8, 4) is 0 Å². The van der Waals surface area contributed by atoms with Gasteiger partial charge in [-0.1, -0.05) is 18.2 Å². The second-order valence-corrected chi connectivity index (χ2v) is 3.62. The first-order chi connectivity index (χ1) is 5.02. The van der Waals surface area contributed by atoms with E-state index < -0.39 is 21.2 Å². The molecule has 0 aromatic heterocycles. The molecule has 0 aliphatic heterocycles. The fourth-order valence-corrected chi connectivity index (χ4v) is 1.41. The highest BCUT2D eigenvalue weighted by atomic mass is 32.2. The largest absolute Gasteiger partial charge is 0.412 e.